The number of imidazole rings is 1. The minimum Gasteiger partial charge on any atom is -0.481 e. The highest BCUT2D eigenvalue weighted by Crippen LogP contribution is 2.04. The molecule has 11 N–H and O–H groups in total. The van der Waals surface area contributed by atoms with Crippen molar-refractivity contribution in [3.63, 3.8) is 0 Å². The summed E-state index contributed by atoms with van der Waals surface area (Å²) in [5, 5.41) is 33.4. The van der Waals surface area contributed by atoms with Gasteiger partial charge < -0.3 is 47.7 Å². The van der Waals surface area contributed by atoms with Crippen LogP contribution in [-0.2, 0) is 40.0 Å². The number of nitrogens with one attached hydrogen (secondary N) is 4. The number of amides is 4. The van der Waals surface area contributed by atoms with Crippen LogP contribution in [0.4, 0.5) is 0 Å². The highest BCUT2D eigenvalue weighted by molar-refractivity contribution is 5.96. The third-order valence-electron chi connectivity index (χ3n) is 4.65. The summed E-state index contributed by atoms with van der Waals surface area (Å²) in [6.07, 6.45) is 0.00752. The van der Waals surface area contributed by atoms with Crippen LogP contribution < -0.4 is 27.4 Å². The van der Waals surface area contributed by atoms with E-state index >= 15 is 0 Å². The average Bonchev–Trinajstić information content (AvgIpc) is 3.28. The fraction of sp³-hybridized carbons (Fsp3) is 0.474. The first kappa shape index (κ1) is 29.5. The number of carboxylic acids is 3. The van der Waals surface area contributed by atoms with Crippen molar-refractivity contribution in [1.82, 2.24) is 25.9 Å². The molecule has 0 aromatic carbocycles. The largest absolute Gasteiger partial charge is 0.481 e. The lowest BCUT2D eigenvalue weighted by Gasteiger charge is -2.24. The van der Waals surface area contributed by atoms with Crippen LogP contribution >= 0.6 is 0 Å². The summed E-state index contributed by atoms with van der Waals surface area (Å²) in [6, 6.07) is -6.29. The number of H-pyrrole nitrogens is 1. The number of aliphatic carboxylic acids is 3. The molecule has 36 heavy (non-hydrogen) atoms. The van der Waals surface area contributed by atoms with Gasteiger partial charge in [-0.3, -0.25) is 28.8 Å². The first-order chi connectivity index (χ1) is 16.8. The van der Waals surface area contributed by atoms with E-state index < -0.39 is 85.0 Å². The van der Waals surface area contributed by atoms with Crippen LogP contribution in [0.3, 0.4) is 0 Å². The number of carboxylic acid groups (broad SMARTS) is 3. The number of hydrogen-bond donors (Lipinski definition) is 9. The fourth-order valence-electron chi connectivity index (χ4n) is 2.84. The summed E-state index contributed by atoms with van der Waals surface area (Å²) in [6.45, 7) is 0. The Bertz CT molecular complexity index is 981. The van der Waals surface area contributed by atoms with E-state index in [0.29, 0.717) is 5.69 Å². The number of hydrogen-bond acceptors (Lipinski definition) is 9. The number of nitrogens with two attached hydrogens (primary N) is 2. The molecule has 0 saturated heterocycles. The van der Waals surface area contributed by atoms with Crippen LogP contribution in [-0.4, -0.2) is 91.0 Å². The Hall–Kier alpha value is -4.54. The fourth-order valence-corrected chi connectivity index (χ4v) is 2.84. The van der Waals surface area contributed by atoms with Gasteiger partial charge in [-0.25, -0.2) is 9.78 Å². The maximum absolute atomic E-state index is 12.9. The molecule has 0 radical (unpaired) electrons. The second-order valence-electron chi connectivity index (χ2n) is 7.61. The van der Waals surface area contributed by atoms with E-state index in [1.54, 1.807) is 0 Å². The van der Waals surface area contributed by atoms with Crippen molar-refractivity contribution in [2.24, 2.45) is 11.5 Å². The second kappa shape index (κ2) is 14.0. The summed E-state index contributed by atoms with van der Waals surface area (Å²) < 4.78 is 0. The van der Waals surface area contributed by atoms with Gasteiger partial charge in [0.2, 0.25) is 23.6 Å². The number of carbonyl (C=O) groups excluding carboxylic acids is 4. The minimum atomic E-state index is -1.80. The summed E-state index contributed by atoms with van der Waals surface area (Å²) in [7, 11) is 0. The lowest BCUT2D eigenvalue weighted by molar-refractivity contribution is -0.145. The van der Waals surface area contributed by atoms with Crippen LogP contribution in [0, 0.1) is 0 Å². The SMILES string of the molecule is NC(=O)CC(NC(=O)C(CC(=O)O)NC(=O)C(Cc1cnc[nH]1)NC(=O)C(N)CCC(=O)O)C(=O)O. The van der Waals surface area contributed by atoms with Crippen LogP contribution in [0.1, 0.15) is 31.4 Å². The summed E-state index contributed by atoms with van der Waals surface area (Å²) >= 11 is 0. The quantitative estimate of drug-likeness (QED) is 0.102. The van der Waals surface area contributed by atoms with E-state index in [1.165, 1.54) is 12.5 Å². The lowest BCUT2D eigenvalue weighted by Crippen LogP contribution is -2.58. The molecule has 4 unspecified atom stereocenters. The van der Waals surface area contributed by atoms with E-state index in [0.717, 1.165) is 0 Å². The van der Waals surface area contributed by atoms with Crippen molar-refractivity contribution in [1.29, 1.82) is 0 Å². The maximum Gasteiger partial charge on any atom is 0.326 e. The number of carbonyl (C=O) groups is 7. The molecule has 0 aliphatic rings. The minimum absolute atomic E-state index is 0.204. The van der Waals surface area contributed by atoms with E-state index in [4.69, 9.17) is 26.8 Å². The molecule has 1 aromatic rings. The van der Waals surface area contributed by atoms with Gasteiger partial charge in [0.25, 0.3) is 0 Å². The Labute approximate surface area is 203 Å². The monoisotopic (exact) mass is 513 g/mol. The first-order valence-electron chi connectivity index (χ1n) is 10.4. The smallest absolute Gasteiger partial charge is 0.326 e. The van der Waals surface area contributed by atoms with E-state index in [-0.39, 0.29) is 12.8 Å². The van der Waals surface area contributed by atoms with Crippen LogP contribution in [0.25, 0.3) is 0 Å². The lowest BCUT2D eigenvalue weighted by atomic mass is 10.1. The number of nitrogens with zero attached hydrogens (tertiary/aromatic N) is 1. The van der Waals surface area contributed by atoms with Crippen molar-refractivity contribution in [2.75, 3.05) is 0 Å². The van der Waals surface area contributed by atoms with Crippen LogP contribution in [0.5, 0.6) is 0 Å². The second-order valence-corrected chi connectivity index (χ2v) is 7.61. The van der Waals surface area contributed by atoms with Crippen molar-refractivity contribution < 1.29 is 48.9 Å². The maximum atomic E-state index is 12.9. The Morgan fingerprint density at radius 3 is 1.94 bits per heavy atom. The summed E-state index contributed by atoms with van der Waals surface area (Å²) in [5.74, 6) is -8.55. The van der Waals surface area contributed by atoms with Gasteiger partial charge in [-0.1, -0.05) is 0 Å². The van der Waals surface area contributed by atoms with Gasteiger partial charge in [0.05, 0.1) is 25.2 Å². The third kappa shape index (κ3) is 10.6. The topological polar surface area (TPSA) is 297 Å². The Morgan fingerprint density at radius 1 is 0.861 bits per heavy atom. The zero-order valence-corrected chi connectivity index (χ0v) is 18.8. The van der Waals surface area contributed by atoms with Gasteiger partial charge in [0.1, 0.15) is 18.1 Å². The van der Waals surface area contributed by atoms with E-state index in [9.17, 15) is 33.6 Å². The normalized spacial score (nSPS) is 13.9. The summed E-state index contributed by atoms with van der Waals surface area (Å²) in [4.78, 5) is 88.6. The van der Waals surface area contributed by atoms with Crippen LogP contribution in [0.2, 0.25) is 0 Å². The standard InChI is InChI=1S/C19H27N7O10/c20-9(1-2-14(28)29)16(32)24-10(3-8-6-22-7-23-8)17(33)25-11(5-15(30)31)18(34)26-12(19(35)36)4-13(21)27/h6-7,9-12H,1-5,20H2,(H2,21,27)(H,22,23)(H,24,32)(H,25,33)(H,26,34)(H,28,29)(H,30,31)(H,35,36). The number of rotatable bonds is 16. The molecule has 0 bridgehead atoms. The molecule has 198 valence electrons. The molecule has 0 aliphatic carbocycles. The Balaban J connectivity index is 3.06. The van der Waals surface area contributed by atoms with E-state index in [1.807, 2.05) is 5.32 Å². The number of aromatic nitrogens is 2. The molecule has 4 amide bonds. The molecule has 0 saturated carbocycles. The van der Waals surface area contributed by atoms with Gasteiger partial charge in [-0.2, -0.15) is 0 Å². The van der Waals surface area contributed by atoms with Crippen LogP contribution in [0.15, 0.2) is 12.5 Å². The van der Waals surface area contributed by atoms with Crippen molar-refractivity contribution in [3.05, 3.63) is 18.2 Å². The molecular weight excluding hydrogens is 486 g/mol. The zero-order chi connectivity index (χ0) is 27.4. The molecule has 0 aliphatic heterocycles. The highest BCUT2D eigenvalue weighted by Gasteiger charge is 2.32. The molecule has 1 aromatic heterocycles. The Morgan fingerprint density at radius 2 is 1.44 bits per heavy atom. The molecule has 17 nitrogen and oxygen atoms in total. The number of aromatic amines is 1. The number of primary amides is 1. The highest BCUT2D eigenvalue weighted by atomic mass is 16.4. The van der Waals surface area contributed by atoms with Crippen molar-refractivity contribution >= 4 is 41.5 Å². The van der Waals surface area contributed by atoms with Gasteiger partial charge >= 0.3 is 17.9 Å². The summed E-state index contributed by atoms with van der Waals surface area (Å²) in [5.41, 5.74) is 11.0. The molecule has 17 heteroatoms. The molecule has 1 rings (SSSR count). The predicted molar refractivity (Wildman–Crippen MR) is 117 cm³/mol. The Kier molecular flexibility index (Phi) is 11.5. The van der Waals surface area contributed by atoms with E-state index in [2.05, 4.69) is 20.6 Å². The van der Waals surface area contributed by atoms with Gasteiger partial charge in [-0.15, -0.1) is 0 Å². The molecule has 0 fully saturated rings. The van der Waals surface area contributed by atoms with Gasteiger partial charge in [-0.05, 0) is 6.42 Å². The third-order valence-corrected chi connectivity index (χ3v) is 4.65. The van der Waals surface area contributed by atoms with Gasteiger partial charge in [0, 0.05) is 24.7 Å². The first-order valence-corrected chi connectivity index (χ1v) is 10.4. The van der Waals surface area contributed by atoms with Crippen molar-refractivity contribution in [2.45, 2.75) is 56.3 Å². The molecule has 1 heterocycles. The predicted octanol–water partition coefficient (Wildman–Crippen LogP) is -3.97. The zero-order valence-electron chi connectivity index (χ0n) is 18.8. The van der Waals surface area contributed by atoms with Gasteiger partial charge in [0.15, 0.2) is 0 Å². The average molecular weight is 513 g/mol. The van der Waals surface area contributed by atoms with Crippen molar-refractivity contribution in [3.8, 4) is 0 Å². The molecule has 0 spiro atoms. The molecule has 4 atom stereocenters. The molecular formula is C19H27N7O10.